The van der Waals surface area contributed by atoms with Crippen LogP contribution in [0.1, 0.15) is 38.7 Å². The first-order valence-corrected chi connectivity index (χ1v) is 8.91. The molecule has 0 fully saturated rings. The maximum absolute atomic E-state index is 11.6. The van der Waals surface area contributed by atoms with Crippen molar-refractivity contribution in [3.63, 3.8) is 0 Å². The monoisotopic (exact) mass is 344 g/mol. The SMILES string of the molecule is CC(C)C=C[C@H](CCCCNC(=O)OCc1ccccc1)NCB=O. The van der Waals surface area contributed by atoms with Gasteiger partial charge in [0.15, 0.2) is 0 Å². The van der Waals surface area contributed by atoms with E-state index in [1.807, 2.05) is 30.3 Å². The first-order chi connectivity index (χ1) is 12.1. The van der Waals surface area contributed by atoms with Gasteiger partial charge in [0.1, 0.15) is 0 Å². The molecule has 0 aliphatic carbocycles. The molecule has 0 saturated heterocycles. The number of carbonyl (C=O) groups excluding carboxylic acids is 1. The number of ether oxygens (including phenoxy) is 1. The fourth-order valence-corrected chi connectivity index (χ4v) is 2.28. The first kappa shape index (κ1) is 21.1. The summed E-state index contributed by atoms with van der Waals surface area (Å²) in [7, 11) is 0.876. The van der Waals surface area contributed by atoms with Gasteiger partial charge in [-0.3, -0.25) is 0 Å². The molecule has 0 heterocycles. The van der Waals surface area contributed by atoms with Gasteiger partial charge in [0.25, 0.3) is 0 Å². The number of carbonyl (C=O) groups is 1. The fraction of sp³-hybridized carbons (Fsp3) is 0.526. The second-order valence-electron chi connectivity index (χ2n) is 6.29. The van der Waals surface area contributed by atoms with E-state index >= 15 is 0 Å². The van der Waals surface area contributed by atoms with Gasteiger partial charge in [0.2, 0.25) is 0 Å². The predicted octanol–water partition coefficient (Wildman–Crippen LogP) is 3.26. The van der Waals surface area contributed by atoms with Crippen LogP contribution in [0.2, 0.25) is 0 Å². The number of unbranched alkanes of at least 4 members (excludes halogenated alkanes) is 1. The first-order valence-electron chi connectivity index (χ1n) is 8.91. The van der Waals surface area contributed by atoms with E-state index in [0.29, 0.717) is 18.9 Å². The van der Waals surface area contributed by atoms with Crippen molar-refractivity contribution in [2.75, 3.05) is 13.0 Å². The third-order valence-electron chi connectivity index (χ3n) is 3.62. The average Bonchev–Trinajstić information content (AvgIpc) is 2.62. The number of nitrogens with one attached hydrogen (secondary N) is 2. The summed E-state index contributed by atoms with van der Waals surface area (Å²) in [6, 6.07) is 9.79. The molecular formula is C19H29BN2O3. The standard InChI is InChI=1S/C19H29BN2O3/c1-16(2)11-12-18(22-15-20-24)10-6-7-13-21-19(23)25-14-17-8-4-3-5-9-17/h3-5,8-9,11-12,16,18,22H,6-7,10,13-15H2,1-2H3,(H,21,23)/t18-/m0/s1. The molecular weight excluding hydrogens is 315 g/mol. The van der Waals surface area contributed by atoms with Crippen molar-refractivity contribution in [3.05, 3.63) is 48.0 Å². The Morgan fingerprint density at radius 1 is 1.20 bits per heavy atom. The summed E-state index contributed by atoms with van der Waals surface area (Å²) in [6.45, 7) is 5.11. The molecule has 1 rings (SSSR count). The summed E-state index contributed by atoms with van der Waals surface area (Å²) in [5.74, 6) is 0.488. The Kier molecular flexibility index (Phi) is 11.3. The van der Waals surface area contributed by atoms with Gasteiger partial charge in [0.05, 0.1) is 0 Å². The molecule has 25 heavy (non-hydrogen) atoms. The summed E-state index contributed by atoms with van der Waals surface area (Å²) in [5, 5.41) is 5.96. The minimum absolute atomic E-state index is 0.192. The quantitative estimate of drug-likeness (QED) is 0.347. The van der Waals surface area contributed by atoms with E-state index in [4.69, 9.17) is 4.74 Å². The van der Waals surface area contributed by atoms with E-state index in [1.54, 1.807) is 0 Å². The van der Waals surface area contributed by atoms with Crippen LogP contribution in [0, 0.1) is 5.92 Å². The molecule has 0 aromatic heterocycles. The van der Waals surface area contributed by atoms with Crippen LogP contribution in [0.3, 0.4) is 0 Å². The number of rotatable bonds is 12. The average molecular weight is 344 g/mol. The van der Waals surface area contributed by atoms with Gasteiger partial charge in [-0.25, -0.2) is 0 Å². The zero-order valence-corrected chi connectivity index (χ0v) is 15.2. The Morgan fingerprint density at radius 2 is 1.96 bits per heavy atom. The van der Waals surface area contributed by atoms with Gasteiger partial charge < -0.3 is 0 Å². The maximum atomic E-state index is 11.6. The Hall–Kier alpha value is -1.95. The molecule has 0 saturated carbocycles. The van der Waals surface area contributed by atoms with Gasteiger partial charge in [-0.2, -0.15) is 0 Å². The number of hydrogen-bond acceptors (Lipinski definition) is 4. The Balaban J connectivity index is 2.15. The molecule has 1 aromatic carbocycles. The number of amides is 1. The third-order valence-corrected chi connectivity index (χ3v) is 3.62. The van der Waals surface area contributed by atoms with Crippen molar-refractivity contribution in [2.24, 2.45) is 5.92 Å². The van der Waals surface area contributed by atoms with Crippen molar-refractivity contribution in [1.82, 2.24) is 10.6 Å². The van der Waals surface area contributed by atoms with Crippen LogP contribution in [0.4, 0.5) is 4.79 Å². The zero-order valence-electron chi connectivity index (χ0n) is 15.2. The van der Waals surface area contributed by atoms with E-state index < -0.39 is 0 Å². The number of allylic oxidation sites excluding steroid dienone is 1. The van der Waals surface area contributed by atoms with E-state index in [9.17, 15) is 9.50 Å². The molecule has 2 N–H and O–H groups in total. The van der Waals surface area contributed by atoms with Crippen LogP contribution in [0.5, 0.6) is 0 Å². The van der Waals surface area contributed by atoms with Crippen LogP contribution in [0.15, 0.2) is 42.5 Å². The summed E-state index contributed by atoms with van der Waals surface area (Å²) in [6.07, 6.45) is 6.98. The molecule has 1 aromatic rings. The molecule has 1 amide bonds. The molecule has 5 nitrogen and oxygen atoms in total. The normalized spacial score (nSPS) is 12.1. The number of alkyl carbamates (subject to hydrolysis) is 1. The van der Waals surface area contributed by atoms with Gasteiger partial charge in [-0.15, -0.1) is 0 Å². The summed E-state index contributed by atoms with van der Waals surface area (Å²) < 4.78 is 15.7. The molecule has 6 heteroatoms. The molecule has 136 valence electrons. The van der Waals surface area contributed by atoms with Gasteiger partial charge in [-0.05, 0) is 0 Å². The summed E-state index contributed by atoms with van der Waals surface area (Å²) in [4.78, 5) is 11.6. The number of hydrogen-bond donors (Lipinski definition) is 2. The fourth-order valence-electron chi connectivity index (χ4n) is 2.28. The predicted molar refractivity (Wildman–Crippen MR) is 101 cm³/mol. The van der Waals surface area contributed by atoms with E-state index in [0.717, 1.165) is 32.0 Å². The van der Waals surface area contributed by atoms with Crippen LogP contribution in [-0.4, -0.2) is 32.3 Å². The molecule has 0 radical (unpaired) electrons. The second-order valence-corrected chi connectivity index (χ2v) is 6.29. The second kappa shape index (κ2) is 13.4. The van der Waals surface area contributed by atoms with Crippen LogP contribution >= 0.6 is 0 Å². The van der Waals surface area contributed by atoms with E-state index in [2.05, 4.69) is 36.6 Å². The Bertz CT molecular complexity index is 521. The van der Waals surface area contributed by atoms with Gasteiger partial charge in [-0.1, -0.05) is 30.3 Å². The van der Waals surface area contributed by atoms with E-state index in [1.165, 1.54) is 0 Å². The molecule has 0 unspecified atom stereocenters. The number of benzene rings is 1. The van der Waals surface area contributed by atoms with Crippen molar-refractivity contribution in [2.45, 2.75) is 45.8 Å². The van der Waals surface area contributed by atoms with Gasteiger partial charge >= 0.3 is 120 Å². The Morgan fingerprint density at radius 3 is 2.64 bits per heavy atom. The van der Waals surface area contributed by atoms with Crippen LogP contribution in [0.25, 0.3) is 0 Å². The van der Waals surface area contributed by atoms with E-state index in [-0.39, 0.29) is 18.7 Å². The molecule has 0 aliphatic rings. The topological polar surface area (TPSA) is 67.4 Å². The summed E-state index contributed by atoms with van der Waals surface area (Å²) in [5.41, 5.74) is 0.971. The van der Waals surface area contributed by atoms with Crippen LogP contribution in [-0.2, 0) is 16.0 Å². The zero-order chi connectivity index (χ0) is 18.3. The van der Waals surface area contributed by atoms with Crippen molar-refractivity contribution >= 4 is 13.2 Å². The molecule has 0 bridgehead atoms. The minimum atomic E-state index is -0.390. The molecule has 1 atom stereocenters. The van der Waals surface area contributed by atoms with Crippen molar-refractivity contribution in [1.29, 1.82) is 0 Å². The van der Waals surface area contributed by atoms with Crippen molar-refractivity contribution < 1.29 is 14.2 Å². The summed E-state index contributed by atoms with van der Waals surface area (Å²) >= 11 is 0. The third kappa shape index (κ3) is 11.3. The Labute approximate surface area is 151 Å². The van der Waals surface area contributed by atoms with Crippen LogP contribution < -0.4 is 10.6 Å². The van der Waals surface area contributed by atoms with Crippen molar-refractivity contribution in [3.8, 4) is 0 Å². The molecule has 0 aliphatic heterocycles. The molecule has 0 spiro atoms. The van der Waals surface area contributed by atoms with Gasteiger partial charge in [0, 0.05) is 0 Å².